The van der Waals surface area contributed by atoms with Gasteiger partial charge in [-0.3, -0.25) is 9.59 Å². The molecule has 1 aromatic carbocycles. The summed E-state index contributed by atoms with van der Waals surface area (Å²) >= 11 is 7.29. The van der Waals surface area contributed by atoms with E-state index in [2.05, 4.69) is 15.5 Å². The van der Waals surface area contributed by atoms with Crippen LogP contribution in [-0.4, -0.2) is 72.9 Å². The Balaban J connectivity index is 1.51. The Hall–Kier alpha value is -2.28. The molecule has 2 aromatic rings. The minimum atomic E-state index is -3.84. The molecule has 0 radical (unpaired) electrons. The van der Waals surface area contributed by atoms with Crippen molar-refractivity contribution in [1.82, 2.24) is 19.4 Å². The maximum absolute atomic E-state index is 13.1. The van der Waals surface area contributed by atoms with Crippen LogP contribution < -0.4 is 10.1 Å². The molecule has 13 heteroatoms. The van der Waals surface area contributed by atoms with Crippen LogP contribution in [0.3, 0.4) is 0 Å². The van der Waals surface area contributed by atoms with Gasteiger partial charge in [-0.05, 0) is 18.2 Å². The SMILES string of the molecule is COc1ccc(Cl)cc1S(=O)(=O)N1CCN(C(=O)CCC(=O)Nc2nnc(C(C)(C)C)s2)CC1. The molecule has 10 nitrogen and oxygen atoms in total. The first-order valence-corrected chi connectivity index (χ1v) is 13.3. The smallest absolute Gasteiger partial charge is 0.246 e. The topological polar surface area (TPSA) is 122 Å². The van der Waals surface area contributed by atoms with E-state index < -0.39 is 10.0 Å². The first kappa shape index (κ1) is 26.3. The lowest BCUT2D eigenvalue weighted by Crippen LogP contribution is -2.50. The second-order valence-corrected chi connectivity index (χ2v) is 12.1. The van der Waals surface area contributed by atoms with Crippen molar-refractivity contribution in [2.75, 3.05) is 38.6 Å². The number of carbonyl (C=O) groups is 2. The Morgan fingerprint density at radius 1 is 1.15 bits per heavy atom. The van der Waals surface area contributed by atoms with Gasteiger partial charge in [0.05, 0.1) is 7.11 Å². The van der Waals surface area contributed by atoms with E-state index in [0.29, 0.717) is 5.13 Å². The first-order valence-electron chi connectivity index (χ1n) is 10.7. The van der Waals surface area contributed by atoms with Gasteiger partial charge in [-0.15, -0.1) is 10.2 Å². The van der Waals surface area contributed by atoms with Crippen molar-refractivity contribution in [3.63, 3.8) is 0 Å². The fraction of sp³-hybridized carbons (Fsp3) is 0.524. The zero-order chi connectivity index (χ0) is 25.1. The van der Waals surface area contributed by atoms with E-state index in [4.69, 9.17) is 16.3 Å². The number of hydrogen-bond donors (Lipinski definition) is 1. The van der Waals surface area contributed by atoms with Gasteiger partial charge in [0.2, 0.25) is 27.0 Å². The summed E-state index contributed by atoms with van der Waals surface area (Å²) in [6.07, 6.45) is 0.0210. The van der Waals surface area contributed by atoms with Gasteiger partial charge in [0.15, 0.2) is 0 Å². The number of hydrogen-bond acceptors (Lipinski definition) is 8. The van der Waals surface area contributed by atoms with Gasteiger partial charge in [-0.1, -0.05) is 43.7 Å². The number of halogens is 1. The molecular weight excluding hydrogens is 502 g/mol. The first-order chi connectivity index (χ1) is 15.9. The number of ether oxygens (including phenoxy) is 1. The molecule has 34 heavy (non-hydrogen) atoms. The monoisotopic (exact) mass is 529 g/mol. The average Bonchev–Trinajstić information content (AvgIpc) is 3.26. The Bertz CT molecular complexity index is 1150. The second-order valence-electron chi connectivity index (χ2n) is 8.79. The van der Waals surface area contributed by atoms with Crippen molar-refractivity contribution < 1.29 is 22.7 Å². The molecule has 2 heterocycles. The highest BCUT2D eigenvalue weighted by Crippen LogP contribution is 2.30. The van der Waals surface area contributed by atoms with Crippen LogP contribution in [0.15, 0.2) is 23.1 Å². The van der Waals surface area contributed by atoms with Crippen LogP contribution in [-0.2, 0) is 25.0 Å². The summed E-state index contributed by atoms with van der Waals surface area (Å²) in [6.45, 7) is 6.76. The number of nitrogens with zero attached hydrogens (tertiary/aromatic N) is 4. The molecule has 0 saturated carbocycles. The van der Waals surface area contributed by atoms with Crippen molar-refractivity contribution in [3.8, 4) is 5.75 Å². The molecule has 186 valence electrons. The minimum Gasteiger partial charge on any atom is -0.495 e. The van der Waals surface area contributed by atoms with Gasteiger partial charge >= 0.3 is 0 Å². The molecule has 1 saturated heterocycles. The van der Waals surface area contributed by atoms with Crippen molar-refractivity contribution in [2.45, 2.75) is 43.9 Å². The summed E-state index contributed by atoms with van der Waals surface area (Å²) in [4.78, 5) is 26.4. The number of aromatic nitrogens is 2. The Morgan fingerprint density at radius 3 is 2.41 bits per heavy atom. The summed E-state index contributed by atoms with van der Waals surface area (Å²) in [7, 11) is -2.44. The van der Waals surface area contributed by atoms with Gasteiger partial charge in [0, 0.05) is 49.5 Å². The van der Waals surface area contributed by atoms with Crippen LogP contribution in [0.2, 0.25) is 5.02 Å². The summed E-state index contributed by atoms with van der Waals surface area (Å²) in [5.74, 6) is -0.321. The highest BCUT2D eigenvalue weighted by atomic mass is 35.5. The van der Waals surface area contributed by atoms with Gasteiger partial charge < -0.3 is 15.0 Å². The second kappa shape index (κ2) is 10.5. The van der Waals surface area contributed by atoms with E-state index in [9.17, 15) is 18.0 Å². The Morgan fingerprint density at radius 2 is 1.82 bits per heavy atom. The lowest BCUT2D eigenvalue weighted by atomic mass is 9.98. The quantitative estimate of drug-likeness (QED) is 0.585. The zero-order valence-electron chi connectivity index (χ0n) is 19.5. The number of nitrogens with one attached hydrogen (secondary N) is 1. The van der Waals surface area contributed by atoms with Crippen LogP contribution in [0, 0.1) is 0 Å². The third-order valence-corrected chi connectivity index (χ3v) is 8.63. The summed E-state index contributed by atoms with van der Waals surface area (Å²) in [5, 5.41) is 12.2. The van der Waals surface area contributed by atoms with Gasteiger partial charge in [0.25, 0.3) is 0 Å². The predicted molar refractivity (Wildman–Crippen MR) is 130 cm³/mol. The van der Waals surface area contributed by atoms with Crippen LogP contribution in [0.25, 0.3) is 0 Å². The van der Waals surface area contributed by atoms with Crippen molar-refractivity contribution >= 4 is 49.9 Å². The Labute approximate surface area is 208 Å². The fourth-order valence-electron chi connectivity index (χ4n) is 3.31. The number of methoxy groups -OCH3 is 1. The van der Waals surface area contributed by atoms with Crippen LogP contribution in [0.5, 0.6) is 5.75 Å². The molecule has 0 atom stereocenters. The number of rotatable bonds is 7. The molecule has 1 aliphatic heterocycles. The molecular formula is C21H28ClN5O5S2. The van der Waals surface area contributed by atoms with Crippen LogP contribution in [0.1, 0.15) is 38.6 Å². The number of benzene rings is 1. The Kier molecular flexibility index (Phi) is 8.17. The molecule has 2 amide bonds. The van der Waals surface area contributed by atoms with Crippen LogP contribution >= 0.6 is 22.9 Å². The highest BCUT2D eigenvalue weighted by Gasteiger charge is 2.32. The van der Waals surface area contributed by atoms with Gasteiger partial charge in [0.1, 0.15) is 15.7 Å². The van der Waals surface area contributed by atoms with Crippen molar-refractivity contribution in [2.24, 2.45) is 0 Å². The van der Waals surface area contributed by atoms with Crippen LogP contribution in [0.4, 0.5) is 5.13 Å². The molecule has 1 aromatic heterocycles. The molecule has 3 rings (SSSR count). The average molecular weight is 530 g/mol. The molecule has 0 spiro atoms. The van der Waals surface area contributed by atoms with E-state index in [1.165, 1.54) is 34.9 Å². The number of carbonyl (C=O) groups excluding carboxylic acids is 2. The maximum Gasteiger partial charge on any atom is 0.246 e. The van der Waals surface area contributed by atoms with E-state index in [0.717, 1.165) is 5.01 Å². The largest absolute Gasteiger partial charge is 0.495 e. The number of amides is 2. The number of piperazine rings is 1. The van der Waals surface area contributed by atoms with E-state index in [1.54, 1.807) is 11.0 Å². The number of sulfonamides is 1. The lowest BCUT2D eigenvalue weighted by Gasteiger charge is -2.34. The highest BCUT2D eigenvalue weighted by molar-refractivity contribution is 7.89. The van der Waals surface area contributed by atoms with E-state index >= 15 is 0 Å². The predicted octanol–water partition coefficient (Wildman–Crippen LogP) is 2.75. The molecule has 1 aliphatic rings. The molecule has 1 fully saturated rings. The van der Waals surface area contributed by atoms with E-state index in [1.807, 2.05) is 20.8 Å². The van der Waals surface area contributed by atoms with Crippen molar-refractivity contribution in [1.29, 1.82) is 0 Å². The maximum atomic E-state index is 13.1. The van der Waals surface area contributed by atoms with E-state index in [-0.39, 0.29) is 71.9 Å². The minimum absolute atomic E-state index is 0.00148. The third-order valence-electron chi connectivity index (χ3n) is 5.21. The summed E-state index contributed by atoms with van der Waals surface area (Å²) in [5.41, 5.74) is -0.163. The normalized spacial score (nSPS) is 15.3. The summed E-state index contributed by atoms with van der Waals surface area (Å²) < 4.78 is 32.6. The number of anilines is 1. The molecule has 1 N–H and O–H groups in total. The lowest BCUT2D eigenvalue weighted by molar-refractivity contribution is -0.133. The van der Waals surface area contributed by atoms with Gasteiger partial charge in [-0.25, -0.2) is 8.42 Å². The fourth-order valence-corrected chi connectivity index (χ4v) is 5.96. The molecule has 0 bridgehead atoms. The standard InChI is InChI=1S/C21H28ClN5O5S2/c1-21(2,3)19-24-25-20(33-19)23-17(28)7-8-18(29)26-9-11-27(12-10-26)34(30,31)16-13-14(22)5-6-15(16)32-4/h5-6,13H,7-12H2,1-4H3,(H,23,25,28). The third kappa shape index (κ3) is 6.23. The molecule has 0 aliphatic carbocycles. The summed E-state index contributed by atoms with van der Waals surface area (Å²) in [6, 6.07) is 4.42. The molecule has 0 unspecified atom stereocenters. The van der Waals surface area contributed by atoms with Crippen molar-refractivity contribution in [3.05, 3.63) is 28.2 Å². The van der Waals surface area contributed by atoms with Gasteiger partial charge in [-0.2, -0.15) is 4.31 Å². The zero-order valence-corrected chi connectivity index (χ0v) is 21.9.